The van der Waals surface area contributed by atoms with Crippen molar-refractivity contribution in [3.05, 3.63) is 72.3 Å². The maximum Gasteiger partial charge on any atom is 0.341 e. The highest BCUT2D eigenvalue weighted by atomic mass is 16.5. The Balaban J connectivity index is 1.22. The minimum absolute atomic E-state index is 0.206. The molecule has 2 unspecified atom stereocenters. The highest BCUT2D eigenvalue weighted by Gasteiger charge is 2.12. The minimum atomic E-state index is -0.994. The standard InChI is InChI=1S/C27H30N2O5/c1-18(13-19-9-11-21(12-10-19)33-17-26(31)32)14-28-15-20(30)16-34-25-8-4-7-24-27(25)22-5-2-3-6-23(22)29-24/h2-12,18,20,28-30H,13-17H2,1H3,(H,31,32). The van der Waals surface area contributed by atoms with E-state index in [1.165, 1.54) is 0 Å². The number of rotatable bonds is 12. The van der Waals surface area contributed by atoms with Gasteiger partial charge in [-0.25, -0.2) is 4.79 Å². The van der Waals surface area contributed by atoms with E-state index in [9.17, 15) is 9.90 Å². The molecule has 1 heterocycles. The Morgan fingerprint density at radius 3 is 2.53 bits per heavy atom. The lowest BCUT2D eigenvalue weighted by molar-refractivity contribution is -0.139. The van der Waals surface area contributed by atoms with Crippen molar-refractivity contribution >= 4 is 27.8 Å². The number of aliphatic carboxylic acids is 1. The fraction of sp³-hybridized carbons (Fsp3) is 0.296. The fourth-order valence-electron chi connectivity index (χ4n) is 4.07. The van der Waals surface area contributed by atoms with Gasteiger partial charge in [0, 0.05) is 22.8 Å². The van der Waals surface area contributed by atoms with Crippen molar-refractivity contribution < 1.29 is 24.5 Å². The molecule has 7 heteroatoms. The summed E-state index contributed by atoms with van der Waals surface area (Å²) in [6, 6.07) is 21.5. The van der Waals surface area contributed by atoms with Crippen LogP contribution in [0.3, 0.4) is 0 Å². The Morgan fingerprint density at radius 1 is 0.971 bits per heavy atom. The van der Waals surface area contributed by atoms with Crippen LogP contribution in [-0.2, 0) is 11.2 Å². The van der Waals surface area contributed by atoms with Crippen LogP contribution in [0.15, 0.2) is 66.7 Å². The van der Waals surface area contributed by atoms with E-state index in [4.69, 9.17) is 14.6 Å². The number of carbonyl (C=O) groups is 1. The van der Waals surface area contributed by atoms with E-state index in [2.05, 4.69) is 23.3 Å². The van der Waals surface area contributed by atoms with Crippen LogP contribution in [0.4, 0.5) is 0 Å². The second-order valence-corrected chi connectivity index (χ2v) is 8.61. The summed E-state index contributed by atoms with van der Waals surface area (Å²) in [4.78, 5) is 14.0. The third kappa shape index (κ3) is 6.07. The number of hydrogen-bond donors (Lipinski definition) is 4. The molecule has 0 saturated heterocycles. The molecule has 0 spiro atoms. The van der Waals surface area contributed by atoms with Gasteiger partial charge in [-0.3, -0.25) is 0 Å². The maximum absolute atomic E-state index is 10.6. The molecule has 3 aromatic carbocycles. The second kappa shape index (κ2) is 11.0. The molecular weight excluding hydrogens is 432 g/mol. The van der Waals surface area contributed by atoms with Crippen molar-refractivity contribution in [2.45, 2.75) is 19.4 Å². The number of H-pyrrole nitrogens is 1. The zero-order valence-electron chi connectivity index (χ0n) is 19.2. The number of fused-ring (bicyclic) bond motifs is 3. The molecule has 0 aliphatic rings. The third-order valence-corrected chi connectivity index (χ3v) is 5.67. The molecule has 0 aliphatic heterocycles. The summed E-state index contributed by atoms with van der Waals surface area (Å²) in [7, 11) is 0. The largest absolute Gasteiger partial charge is 0.490 e. The van der Waals surface area contributed by atoms with Gasteiger partial charge >= 0.3 is 5.97 Å². The molecule has 0 radical (unpaired) electrons. The second-order valence-electron chi connectivity index (χ2n) is 8.61. The van der Waals surface area contributed by atoms with Crippen molar-refractivity contribution in [3.63, 3.8) is 0 Å². The molecule has 4 aromatic rings. The van der Waals surface area contributed by atoms with Gasteiger partial charge in [0.25, 0.3) is 0 Å². The smallest absolute Gasteiger partial charge is 0.341 e. The van der Waals surface area contributed by atoms with Gasteiger partial charge in [-0.1, -0.05) is 43.3 Å². The molecule has 0 saturated carbocycles. The molecule has 0 bridgehead atoms. The monoisotopic (exact) mass is 462 g/mol. The summed E-state index contributed by atoms with van der Waals surface area (Å²) in [5, 5.41) is 24.6. The Labute approximate surface area is 198 Å². The average molecular weight is 463 g/mol. The highest BCUT2D eigenvalue weighted by molar-refractivity contribution is 6.10. The summed E-state index contributed by atoms with van der Waals surface area (Å²) < 4.78 is 11.1. The molecule has 0 aliphatic carbocycles. The quantitative estimate of drug-likeness (QED) is 0.254. The van der Waals surface area contributed by atoms with Gasteiger partial charge in [-0.2, -0.15) is 0 Å². The van der Waals surface area contributed by atoms with E-state index in [1.54, 1.807) is 12.1 Å². The predicted octanol–water partition coefficient (Wildman–Crippen LogP) is 3.99. The van der Waals surface area contributed by atoms with Crippen LogP contribution in [-0.4, -0.2) is 53.6 Å². The lowest BCUT2D eigenvalue weighted by Crippen LogP contribution is -2.34. The number of aliphatic hydroxyl groups is 1. The average Bonchev–Trinajstić information content (AvgIpc) is 3.21. The molecule has 7 nitrogen and oxygen atoms in total. The number of carboxylic acids is 1. The van der Waals surface area contributed by atoms with Crippen molar-refractivity contribution in [2.24, 2.45) is 5.92 Å². The number of benzene rings is 3. The summed E-state index contributed by atoms with van der Waals surface area (Å²) >= 11 is 0. The first-order chi connectivity index (χ1) is 16.5. The van der Waals surface area contributed by atoms with Gasteiger partial charge in [0.1, 0.15) is 24.2 Å². The first-order valence-electron chi connectivity index (χ1n) is 11.4. The number of para-hydroxylation sites is 1. The molecule has 34 heavy (non-hydrogen) atoms. The number of carboxylic acid groups (broad SMARTS) is 1. The number of ether oxygens (including phenoxy) is 2. The Morgan fingerprint density at radius 2 is 1.74 bits per heavy atom. The van der Waals surface area contributed by atoms with E-state index in [1.807, 2.05) is 48.5 Å². The van der Waals surface area contributed by atoms with Crippen LogP contribution < -0.4 is 14.8 Å². The predicted molar refractivity (Wildman–Crippen MR) is 133 cm³/mol. The summed E-state index contributed by atoms with van der Waals surface area (Å²) in [5.74, 6) is 0.673. The summed E-state index contributed by atoms with van der Waals surface area (Å²) in [5.41, 5.74) is 3.22. The van der Waals surface area contributed by atoms with E-state index < -0.39 is 12.1 Å². The molecular formula is C27H30N2O5. The molecule has 0 fully saturated rings. The highest BCUT2D eigenvalue weighted by Crippen LogP contribution is 2.32. The molecule has 2 atom stereocenters. The van der Waals surface area contributed by atoms with E-state index >= 15 is 0 Å². The van der Waals surface area contributed by atoms with E-state index in [-0.39, 0.29) is 13.2 Å². The number of nitrogens with one attached hydrogen (secondary N) is 2. The summed E-state index contributed by atoms with van der Waals surface area (Å²) in [6.07, 6.45) is 0.236. The maximum atomic E-state index is 10.6. The van der Waals surface area contributed by atoms with Gasteiger partial charge in [-0.15, -0.1) is 0 Å². The van der Waals surface area contributed by atoms with Crippen LogP contribution in [0.25, 0.3) is 21.8 Å². The lowest BCUT2D eigenvalue weighted by atomic mass is 10.0. The van der Waals surface area contributed by atoms with Gasteiger partial charge < -0.3 is 30.0 Å². The number of aliphatic hydroxyl groups excluding tert-OH is 1. The van der Waals surface area contributed by atoms with Crippen molar-refractivity contribution in [1.29, 1.82) is 0 Å². The normalized spacial score (nSPS) is 13.1. The molecule has 4 rings (SSSR count). The first kappa shape index (κ1) is 23.6. The van der Waals surface area contributed by atoms with Gasteiger partial charge in [-0.05, 0) is 54.8 Å². The van der Waals surface area contributed by atoms with Crippen molar-refractivity contribution in [2.75, 3.05) is 26.3 Å². The summed E-state index contributed by atoms with van der Waals surface area (Å²) in [6.45, 7) is 3.20. The lowest BCUT2D eigenvalue weighted by Gasteiger charge is -2.17. The van der Waals surface area contributed by atoms with Gasteiger partial charge in [0.15, 0.2) is 6.61 Å². The fourth-order valence-corrected chi connectivity index (χ4v) is 4.07. The van der Waals surface area contributed by atoms with Crippen LogP contribution in [0, 0.1) is 5.92 Å². The third-order valence-electron chi connectivity index (χ3n) is 5.67. The zero-order chi connectivity index (χ0) is 23.9. The molecule has 4 N–H and O–H groups in total. The molecule has 178 valence electrons. The van der Waals surface area contributed by atoms with Gasteiger partial charge in [0.05, 0.1) is 5.52 Å². The van der Waals surface area contributed by atoms with E-state index in [0.29, 0.717) is 18.2 Å². The number of hydrogen-bond acceptors (Lipinski definition) is 5. The van der Waals surface area contributed by atoms with Gasteiger partial charge in [0.2, 0.25) is 0 Å². The Hall–Kier alpha value is -3.55. The molecule has 1 aromatic heterocycles. The van der Waals surface area contributed by atoms with Crippen molar-refractivity contribution in [1.82, 2.24) is 10.3 Å². The first-order valence-corrected chi connectivity index (χ1v) is 11.4. The minimum Gasteiger partial charge on any atom is -0.490 e. The molecule has 0 amide bonds. The van der Waals surface area contributed by atoms with Crippen molar-refractivity contribution in [3.8, 4) is 11.5 Å². The van der Waals surface area contributed by atoms with Crippen LogP contribution in [0.1, 0.15) is 12.5 Å². The van der Waals surface area contributed by atoms with Crippen LogP contribution in [0.2, 0.25) is 0 Å². The Bertz CT molecular complexity index is 1230. The van der Waals surface area contributed by atoms with E-state index in [0.717, 1.165) is 46.1 Å². The zero-order valence-corrected chi connectivity index (χ0v) is 19.2. The topological polar surface area (TPSA) is 104 Å². The van der Waals surface area contributed by atoms with Crippen LogP contribution in [0.5, 0.6) is 11.5 Å². The number of aromatic amines is 1. The Kier molecular flexibility index (Phi) is 7.67. The van der Waals surface area contributed by atoms with Crippen LogP contribution >= 0.6 is 0 Å². The number of aromatic nitrogens is 1. The SMILES string of the molecule is CC(CNCC(O)COc1cccc2[nH]c3ccccc3c12)Cc1ccc(OCC(=O)O)cc1.